The maximum absolute atomic E-state index is 13.0. The highest BCUT2D eigenvalue weighted by molar-refractivity contribution is 5.94. The van der Waals surface area contributed by atoms with E-state index in [1.807, 2.05) is 35.8 Å². The highest BCUT2D eigenvalue weighted by atomic mass is 16.3. The van der Waals surface area contributed by atoms with Crippen molar-refractivity contribution >= 4 is 11.6 Å². The number of pyridine rings is 1. The summed E-state index contributed by atoms with van der Waals surface area (Å²) in [5, 5.41) is 9.34. The number of aliphatic hydroxyl groups excluding tert-OH is 1. The molecule has 26 heavy (non-hydrogen) atoms. The summed E-state index contributed by atoms with van der Waals surface area (Å²) in [6, 6.07) is 6.25. The highest BCUT2D eigenvalue weighted by Gasteiger charge is 2.28. The molecule has 1 unspecified atom stereocenters. The lowest BCUT2D eigenvalue weighted by Gasteiger charge is -2.24. The van der Waals surface area contributed by atoms with Crippen LogP contribution in [0.5, 0.6) is 0 Å². The number of unbranched alkanes of at least 4 members (excludes halogenated alkanes) is 1. The summed E-state index contributed by atoms with van der Waals surface area (Å²) in [7, 11) is 1.86. The molecule has 0 spiro atoms. The number of hydrogen-bond donors (Lipinski definition) is 1. The van der Waals surface area contributed by atoms with Gasteiger partial charge in [-0.15, -0.1) is 0 Å². The zero-order chi connectivity index (χ0) is 18.5. The van der Waals surface area contributed by atoms with E-state index in [4.69, 9.17) is 0 Å². The van der Waals surface area contributed by atoms with Gasteiger partial charge in [0.05, 0.1) is 5.69 Å². The lowest BCUT2D eigenvalue weighted by Crippen LogP contribution is -2.33. The van der Waals surface area contributed by atoms with Crippen LogP contribution < -0.4 is 0 Å². The lowest BCUT2D eigenvalue weighted by molar-refractivity contribution is 0.0785. The molecule has 3 heterocycles. The minimum Gasteiger partial charge on any atom is -0.396 e. The molecule has 0 aliphatic carbocycles. The zero-order valence-electron chi connectivity index (χ0n) is 15.9. The molecule has 1 aliphatic rings. The van der Waals surface area contributed by atoms with Crippen LogP contribution in [0.3, 0.4) is 0 Å². The molecule has 6 heteroatoms. The number of imidazole rings is 1. The molecule has 142 valence electrons. The van der Waals surface area contributed by atoms with E-state index in [1.165, 1.54) is 0 Å². The van der Waals surface area contributed by atoms with Gasteiger partial charge in [-0.2, -0.15) is 0 Å². The zero-order valence-corrected chi connectivity index (χ0v) is 15.9. The van der Waals surface area contributed by atoms with Gasteiger partial charge in [-0.3, -0.25) is 9.69 Å². The quantitative estimate of drug-likeness (QED) is 0.788. The topological polar surface area (TPSA) is 61.1 Å². The molecule has 1 N–H and O–H groups in total. The Morgan fingerprint density at radius 3 is 3.04 bits per heavy atom. The van der Waals surface area contributed by atoms with Crippen molar-refractivity contribution in [3.8, 4) is 0 Å². The highest BCUT2D eigenvalue weighted by Crippen LogP contribution is 2.24. The first-order valence-corrected chi connectivity index (χ1v) is 9.72. The Kier molecular flexibility index (Phi) is 6.27. The number of carbonyl (C=O) groups is 1. The van der Waals surface area contributed by atoms with Crippen molar-refractivity contribution in [1.82, 2.24) is 19.2 Å². The molecule has 0 bridgehead atoms. The summed E-state index contributed by atoms with van der Waals surface area (Å²) in [6.07, 6.45) is 7.08. The Hall–Kier alpha value is -1.92. The van der Waals surface area contributed by atoms with E-state index in [1.54, 1.807) is 4.90 Å². The first kappa shape index (κ1) is 18.9. The van der Waals surface area contributed by atoms with Gasteiger partial charge in [0.2, 0.25) is 0 Å². The summed E-state index contributed by atoms with van der Waals surface area (Å²) in [4.78, 5) is 21.8. The number of rotatable bonds is 8. The van der Waals surface area contributed by atoms with E-state index in [9.17, 15) is 9.90 Å². The minimum absolute atomic E-state index is 0.00458. The summed E-state index contributed by atoms with van der Waals surface area (Å²) < 4.78 is 2.04. The van der Waals surface area contributed by atoms with E-state index >= 15 is 0 Å². The normalized spacial score (nSPS) is 17.9. The average Bonchev–Trinajstić information content (AvgIpc) is 3.24. The van der Waals surface area contributed by atoms with Gasteiger partial charge in [-0.25, -0.2) is 4.98 Å². The van der Waals surface area contributed by atoms with Gasteiger partial charge in [0.15, 0.2) is 5.69 Å². The molecular formula is C20H30N4O2. The summed E-state index contributed by atoms with van der Waals surface area (Å²) >= 11 is 0. The third-order valence-electron chi connectivity index (χ3n) is 5.34. The fraction of sp³-hybridized carbons (Fsp3) is 0.600. The third-order valence-corrected chi connectivity index (χ3v) is 5.34. The van der Waals surface area contributed by atoms with Crippen LogP contribution in [0.15, 0.2) is 24.4 Å². The Labute approximate surface area is 155 Å². The van der Waals surface area contributed by atoms with Crippen molar-refractivity contribution in [3.05, 3.63) is 35.8 Å². The number of hydrogen-bond acceptors (Lipinski definition) is 4. The van der Waals surface area contributed by atoms with E-state index < -0.39 is 0 Å². The SMILES string of the molecule is CCCCN(C)C(=O)c1nc2ccccn2c1CN1CCCC1CCO. The van der Waals surface area contributed by atoms with Crippen LogP contribution in [0.25, 0.3) is 5.65 Å². The molecule has 0 radical (unpaired) electrons. The molecule has 6 nitrogen and oxygen atoms in total. The number of likely N-dealkylation sites (tertiary alicyclic amines) is 1. The smallest absolute Gasteiger partial charge is 0.274 e. The first-order chi connectivity index (χ1) is 12.7. The Bertz CT molecular complexity index is 742. The van der Waals surface area contributed by atoms with Crippen LogP contribution in [0.4, 0.5) is 0 Å². The number of amides is 1. The predicted molar refractivity (Wildman–Crippen MR) is 102 cm³/mol. The molecule has 0 saturated carbocycles. The Balaban J connectivity index is 1.91. The molecule has 2 aromatic rings. The molecule has 0 aromatic carbocycles. The van der Waals surface area contributed by atoms with Gasteiger partial charge in [0.25, 0.3) is 5.91 Å². The molecule has 1 amide bonds. The number of carbonyl (C=O) groups excluding carboxylic acids is 1. The molecule has 1 atom stereocenters. The molecule has 2 aromatic heterocycles. The molecule has 1 fully saturated rings. The van der Waals surface area contributed by atoms with Crippen molar-refractivity contribution in [1.29, 1.82) is 0 Å². The minimum atomic E-state index is -0.00458. The molecule has 1 saturated heterocycles. The van der Waals surface area contributed by atoms with Crippen molar-refractivity contribution in [3.63, 3.8) is 0 Å². The van der Waals surface area contributed by atoms with Crippen LogP contribution in [0, 0.1) is 0 Å². The maximum Gasteiger partial charge on any atom is 0.274 e. The van der Waals surface area contributed by atoms with Crippen LogP contribution >= 0.6 is 0 Å². The second-order valence-electron chi connectivity index (χ2n) is 7.20. The van der Waals surface area contributed by atoms with Crippen molar-refractivity contribution in [2.24, 2.45) is 0 Å². The summed E-state index contributed by atoms with van der Waals surface area (Å²) in [5.74, 6) is -0.00458. The van der Waals surface area contributed by atoms with Gasteiger partial charge in [0.1, 0.15) is 5.65 Å². The van der Waals surface area contributed by atoms with Gasteiger partial charge >= 0.3 is 0 Å². The Morgan fingerprint density at radius 2 is 2.27 bits per heavy atom. The maximum atomic E-state index is 13.0. The van der Waals surface area contributed by atoms with Crippen molar-refractivity contribution in [2.75, 3.05) is 26.7 Å². The van der Waals surface area contributed by atoms with E-state index in [0.717, 1.165) is 56.5 Å². The summed E-state index contributed by atoms with van der Waals surface area (Å²) in [5.41, 5.74) is 2.33. The Morgan fingerprint density at radius 1 is 1.42 bits per heavy atom. The largest absolute Gasteiger partial charge is 0.396 e. The molecule has 3 rings (SSSR count). The number of nitrogens with zero attached hydrogens (tertiary/aromatic N) is 4. The first-order valence-electron chi connectivity index (χ1n) is 9.72. The number of aromatic nitrogens is 2. The summed E-state index contributed by atoms with van der Waals surface area (Å²) in [6.45, 7) is 4.78. The monoisotopic (exact) mass is 358 g/mol. The molecule has 1 aliphatic heterocycles. The lowest BCUT2D eigenvalue weighted by atomic mass is 10.1. The molecular weight excluding hydrogens is 328 g/mol. The van der Waals surface area contributed by atoms with Crippen LogP contribution in [-0.4, -0.2) is 63.0 Å². The van der Waals surface area contributed by atoms with Gasteiger partial charge in [-0.1, -0.05) is 19.4 Å². The number of aliphatic hydroxyl groups is 1. The van der Waals surface area contributed by atoms with Gasteiger partial charge in [-0.05, 0) is 44.4 Å². The standard InChI is InChI=1S/C20H30N4O2/c1-3-4-11-22(2)20(26)19-17(24-13-6-5-9-18(24)21-19)15-23-12-7-8-16(23)10-14-25/h5-6,9,13,16,25H,3-4,7-8,10-12,14-15H2,1-2H3. The van der Waals surface area contributed by atoms with Gasteiger partial charge < -0.3 is 14.4 Å². The van der Waals surface area contributed by atoms with E-state index in [2.05, 4.69) is 16.8 Å². The van der Waals surface area contributed by atoms with E-state index in [0.29, 0.717) is 18.3 Å². The van der Waals surface area contributed by atoms with E-state index in [-0.39, 0.29) is 12.5 Å². The van der Waals surface area contributed by atoms with Crippen molar-refractivity contribution < 1.29 is 9.90 Å². The average molecular weight is 358 g/mol. The van der Waals surface area contributed by atoms with Crippen LogP contribution in [0.2, 0.25) is 0 Å². The fourth-order valence-electron chi connectivity index (χ4n) is 3.82. The second kappa shape index (κ2) is 8.64. The second-order valence-corrected chi connectivity index (χ2v) is 7.20. The van der Waals surface area contributed by atoms with Gasteiger partial charge in [0, 0.05) is 39.0 Å². The predicted octanol–water partition coefficient (Wildman–Crippen LogP) is 2.55. The fourth-order valence-corrected chi connectivity index (χ4v) is 3.82. The van der Waals surface area contributed by atoms with Crippen LogP contribution in [0.1, 0.15) is 55.2 Å². The van der Waals surface area contributed by atoms with Crippen LogP contribution in [-0.2, 0) is 6.54 Å². The van der Waals surface area contributed by atoms with Crippen molar-refractivity contribution in [2.45, 2.75) is 51.6 Å². The third kappa shape index (κ3) is 3.91. The number of fused-ring (bicyclic) bond motifs is 1.